The van der Waals surface area contributed by atoms with E-state index in [9.17, 15) is 9.18 Å². The summed E-state index contributed by atoms with van der Waals surface area (Å²) in [6.45, 7) is 9.53. The number of halogens is 1. The number of hydrogen-bond acceptors (Lipinski definition) is 8. The van der Waals surface area contributed by atoms with E-state index in [0.29, 0.717) is 11.5 Å². The van der Waals surface area contributed by atoms with E-state index in [1.54, 1.807) is 42.5 Å². The molecule has 206 valence electrons. The molecule has 0 aliphatic heterocycles. The minimum absolute atomic E-state index is 0.0826. The second kappa shape index (κ2) is 13.7. The first-order valence-electron chi connectivity index (χ1n) is 12.4. The lowest BCUT2D eigenvalue weighted by molar-refractivity contribution is 0.0958. The second-order valence-corrected chi connectivity index (χ2v) is 9.10. The lowest BCUT2D eigenvalue weighted by atomic mass is 10.1. The van der Waals surface area contributed by atoms with Gasteiger partial charge in [0.25, 0.3) is 0 Å². The number of nitrogens with zero attached hydrogens (tertiary/aromatic N) is 2. The van der Waals surface area contributed by atoms with E-state index in [2.05, 4.69) is 39.5 Å². The van der Waals surface area contributed by atoms with Crippen molar-refractivity contribution in [2.24, 2.45) is 16.8 Å². The van der Waals surface area contributed by atoms with Crippen molar-refractivity contribution < 1.29 is 13.9 Å². The van der Waals surface area contributed by atoms with Gasteiger partial charge < -0.3 is 25.5 Å². The topological polar surface area (TPSA) is 108 Å². The smallest absolute Gasteiger partial charge is 0.187 e. The third kappa shape index (κ3) is 7.52. The molecule has 39 heavy (non-hydrogen) atoms. The van der Waals surface area contributed by atoms with Crippen LogP contribution in [-0.2, 0) is 4.74 Å². The number of nitrogens with two attached hydrogens (primary N) is 1. The molecule has 2 unspecified atom stereocenters. The van der Waals surface area contributed by atoms with E-state index >= 15 is 0 Å². The van der Waals surface area contributed by atoms with Crippen molar-refractivity contribution in [1.29, 1.82) is 0 Å². The number of H-pyrrole nitrogens is 1. The predicted octanol–water partition coefficient (Wildman–Crippen LogP) is 6.22. The number of hydrazone groups is 1. The Balaban J connectivity index is 1.72. The molecule has 0 amide bonds. The Kier molecular flexibility index (Phi) is 10.4. The van der Waals surface area contributed by atoms with Crippen molar-refractivity contribution in [2.75, 3.05) is 23.8 Å². The van der Waals surface area contributed by atoms with Gasteiger partial charge in [0.1, 0.15) is 17.7 Å². The third-order valence-corrected chi connectivity index (χ3v) is 6.28. The fourth-order valence-electron chi connectivity index (χ4n) is 4.08. The standard InChI is InChI=1S/C29H35FN6O2S/c1-6-28(18(2)11-20(4)38-23-10-8-7-9-22(30)14-23)36(17-31)33-16-19(3)29(37)27-13-21-12-25(32-5)26(35-39)15-24(21)34-27/h6-16,19,23,32,34-35,39H,4,17,31H2,1-3,5H3/b18-11-,28-6+,33-16-. The van der Waals surface area contributed by atoms with Crippen molar-refractivity contribution in [1.82, 2.24) is 9.99 Å². The zero-order valence-corrected chi connectivity index (χ0v) is 23.4. The highest BCUT2D eigenvalue weighted by Crippen LogP contribution is 2.29. The largest absolute Gasteiger partial charge is 0.483 e. The second-order valence-electron chi connectivity index (χ2n) is 8.88. The van der Waals surface area contributed by atoms with Gasteiger partial charge in [0.15, 0.2) is 5.78 Å². The van der Waals surface area contributed by atoms with E-state index in [1.165, 1.54) is 12.2 Å². The first kappa shape index (κ1) is 29.5. The van der Waals surface area contributed by atoms with Crippen LogP contribution in [0.4, 0.5) is 15.8 Å². The zero-order chi connectivity index (χ0) is 28.5. The Morgan fingerprint density at radius 2 is 2.13 bits per heavy atom. The molecule has 1 aromatic carbocycles. The molecule has 0 spiro atoms. The van der Waals surface area contributed by atoms with Crippen molar-refractivity contribution >= 4 is 47.1 Å². The van der Waals surface area contributed by atoms with Crippen LogP contribution in [0.25, 0.3) is 10.9 Å². The number of benzene rings is 1. The summed E-state index contributed by atoms with van der Waals surface area (Å²) >= 11 is 4.14. The minimum Gasteiger partial charge on any atom is -0.483 e. The molecule has 2 aromatic rings. The molecular weight excluding hydrogens is 515 g/mol. The van der Waals surface area contributed by atoms with Gasteiger partial charge in [0, 0.05) is 24.2 Å². The molecule has 1 aliphatic carbocycles. The molecule has 0 bridgehead atoms. The van der Waals surface area contributed by atoms with Gasteiger partial charge in [-0.05, 0) is 68.8 Å². The molecule has 2 atom stereocenters. The summed E-state index contributed by atoms with van der Waals surface area (Å²) in [5.41, 5.74) is 10.5. The van der Waals surface area contributed by atoms with Gasteiger partial charge in [-0.25, -0.2) is 4.39 Å². The summed E-state index contributed by atoms with van der Waals surface area (Å²) in [7, 11) is 1.82. The number of carbonyl (C=O) groups excluding carboxylic acids is 1. The van der Waals surface area contributed by atoms with E-state index in [0.717, 1.165) is 33.5 Å². The Morgan fingerprint density at radius 1 is 1.36 bits per heavy atom. The quantitative estimate of drug-likeness (QED) is 0.0409. The number of anilines is 2. The average Bonchev–Trinajstić information content (AvgIpc) is 3.23. The Labute approximate surface area is 234 Å². The van der Waals surface area contributed by atoms with Gasteiger partial charge in [-0.1, -0.05) is 37.6 Å². The SMILES string of the molecule is C=C(/C=C(C)\C(=C/C)N(CN)/N=C\C(C)C(=O)c1cc2cc(NC)c(NS)cc2[nH]1)OC1C=CC=CC(F)=C1. The van der Waals surface area contributed by atoms with E-state index in [4.69, 9.17) is 10.5 Å². The first-order chi connectivity index (χ1) is 18.7. The fourth-order valence-corrected chi connectivity index (χ4v) is 4.27. The van der Waals surface area contributed by atoms with Crippen LogP contribution in [0.3, 0.4) is 0 Å². The van der Waals surface area contributed by atoms with Crippen molar-refractivity contribution in [3.05, 3.63) is 95.9 Å². The van der Waals surface area contributed by atoms with Gasteiger partial charge in [0.05, 0.1) is 35.4 Å². The minimum atomic E-state index is -0.573. The van der Waals surface area contributed by atoms with Gasteiger partial charge in [-0.15, -0.1) is 0 Å². The maximum Gasteiger partial charge on any atom is 0.187 e. The summed E-state index contributed by atoms with van der Waals surface area (Å²) in [6, 6.07) is 5.65. The number of carbonyl (C=O) groups is 1. The number of thiol groups is 1. The number of aromatic nitrogens is 1. The van der Waals surface area contributed by atoms with Crippen LogP contribution in [0.5, 0.6) is 0 Å². The fraction of sp³-hybridized carbons (Fsp3) is 0.241. The first-order valence-corrected chi connectivity index (χ1v) is 12.9. The monoisotopic (exact) mass is 550 g/mol. The Morgan fingerprint density at radius 3 is 2.79 bits per heavy atom. The number of rotatable bonds is 12. The predicted molar refractivity (Wildman–Crippen MR) is 162 cm³/mol. The molecule has 5 N–H and O–H groups in total. The molecule has 8 nitrogen and oxygen atoms in total. The maximum atomic E-state index is 13.7. The molecular formula is C29H35FN6O2S. The summed E-state index contributed by atoms with van der Waals surface area (Å²) < 4.78 is 22.3. The number of allylic oxidation sites excluding steroid dienone is 7. The number of ketones is 1. The van der Waals surface area contributed by atoms with Crippen LogP contribution < -0.4 is 15.8 Å². The van der Waals surface area contributed by atoms with Crippen molar-refractivity contribution in [3.8, 4) is 0 Å². The zero-order valence-electron chi connectivity index (χ0n) is 22.5. The van der Waals surface area contributed by atoms with Crippen LogP contribution in [0, 0.1) is 5.92 Å². The van der Waals surface area contributed by atoms with Crippen molar-refractivity contribution in [2.45, 2.75) is 26.9 Å². The van der Waals surface area contributed by atoms with Gasteiger partial charge in [-0.3, -0.25) is 9.80 Å². The highest BCUT2D eigenvalue weighted by Gasteiger charge is 2.18. The van der Waals surface area contributed by atoms with Crippen LogP contribution >= 0.6 is 12.8 Å². The molecule has 0 radical (unpaired) electrons. The number of Topliss-reactive ketones (excluding diaryl/α,β-unsaturated/α-hetero) is 1. The van der Waals surface area contributed by atoms with Crippen LogP contribution in [0.2, 0.25) is 0 Å². The number of aromatic amines is 1. The van der Waals surface area contributed by atoms with Gasteiger partial charge in [0.2, 0.25) is 0 Å². The summed E-state index contributed by atoms with van der Waals surface area (Å²) in [5.74, 6) is -0.653. The van der Waals surface area contributed by atoms with Crippen LogP contribution in [0.15, 0.2) is 95.3 Å². The van der Waals surface area contributed by atoms with Crippen molar-refractivity contribution in [3.63, 3.8) is 0 Å². The molecule has 3 rings (SSSR count). The highest BCUT2D eigenvalue weighted by molar-refractivity contribution is 7.81. The number of ether oxygens (including phenoxy) is 1. The lowest BCUT2D eigenvalue weighted by Crippen LogP contribution is -2.26. The Bertz CT molecular complexity index is 1360. The molecule has 1 aromatic heterocycles. The summed E-state index contributed by atoms with van der Waals surface area (Å²) in [6.07, 6.45) is 12.4. The van der Waals surface area contributed by atoms with Gasteiger partial charge in [-0.2, -0.15) is 5.10 Å². The molecule has 0 fully saturated rings. The molecule has 0 saturated carbocycles. The number of nitrogens with one attached hydrogen (secondary N) is 3. The summed E-state index contributed by atoms with van der Waals surface area (Å²) in [5, 5.41) is 10.1. The molecule has 1 aliphatic rings. The van der Waals surface area contributed by atoms with E-state index in [1.807, 2.05) is 45.2 Å². The normalized spacial score (nSPS) is 16.7. The van der Waals surface area contributed by atoms with Gasteiger partial charge >= 0.3 is 0 Å². The summed E-state index contributed by atoms with van der Waals surface area (Å²) in [4.78, 5) is 16.4. The number of hydrogen-bond donors (Lipinski definition) is 5. The maximum absolute atomic E-state index is 13.7. The average molecular weight is 551 g/mol. The lowest BCUT2D eigenvalue weighted by Gasteiger charge is -2.22. The van der Waals surface area contributed by atoms with Crippen LogP contribution in [0.1, 0.15) is 31.3 Å². The molecule has 1 heterocycles. The van der Waals surface area contributed by atoms with E-state index < -0.39 is 12.0 Å². The molecule has 10 heteroatoms. The Hall–Kier alpha value is -4.02. The third-order valence-electron chi connectivity index (χ3n) is 6.04. The highest BCUT2D eigenvalue weighted by atomic mass is 32.1. The molecule has 0 saturated heterocycles. The number of fused-ring (bicyclic) bond motifs is 1. The van der Waals surface area contributed by atoms with Crippen LogP contribution in [-0.4, -0.2) is 41.8 Å². The van der Waals surface area contributed by atoms with E-state index in [-0.39, 0.29) is 18.3 Å².